The molecule has 1 nitrogen and oxygen atoms in total. The number of hydrogen-bond acceptors (Lipinski definition) is 1. The van der Waals surface area contributed by atoms with E-state index < -0.39 is 0 Å². The van der Waals surface area contributed by atoms with Gasteiger partial charge >= 0.3 is 0 Å². The molecule has 2 heteroatoms. The van der Waals surface area contributed by atoms with Crippen LogP contribution in [0.25, 0.3) is 0 Å². The Morgan fingerprint density at radius 3 is 2.86 bits per heavy atom. The Kier molecular flexibility index (Phi) is 4.36. The number of rotatable bonds is 4. The van der Waals surface area contributed by atoms with Crippen molar-refractivity contribution in [3.05, 3.63) is 46.5 Å². The molecule has 0 aromatic heterocycles. The molecule has 0 saturated heterocycles. The van der Waals surface area contributed by atoms with Gasteiger partial charge in [0.05, 0.1) is 0 Å². The summed E-state index contributed by atoms with van der Waals surface area (Å²) >= 11 is 3.53. The van der Waals surface area contributed by atoms with E-state index in [-0.39, 0.29) is 6.04 Å². The van der Waals surface area contributed by atoms with Crippen LogP contribution in [0.3, 0.4) is 0 Å². The lowest BCUT2D eigenvalue weighted by atomic mass is 10.0. The summed E-state index contributed by atoms with van der Waals surface area (Å²) in [4.78, 5) is 0. The van der Waals surface area contributed by atoms with E-state index in [0.717, 1.165) is 17.3 Å². The Bertz CT molecular complexity index is 320. The Morgan fingerprint density at radius 2 is 2.29 bits per heavy atom. The minimum absolute atomic E-state index is 0.1000. The maximum atomic E-state index is 6.05. The molecule has 0 aliphatic rings. The van der Waals surface area contributed by atoms with Crippen molar-refractivity contribution in [2.45, 2.75) is 25.8 Å². The van der Waals surface area contributed by atoms with Crippen molar-refractivity contribution in [3.63, 3.8) is 0 Å². The predicted molar refractivity (Wildman–Crippen MR) is 65.2 cm³/mol. The second kappa shape index (κ2) is 5.32. The fourth-order valence-electron chi connectivity index (χ4n) is 1.39. The van der Waals surface area contributed by atoms with Crippen molar-refractivity contribution < 1.29 is 0 Å². The van der Waals surface area contributed by atoms with Gasteiger partial charge in [-0.15, -0.1) is 6.58 Å². The van der Waals surface area contributed by atoms with Gasteiger partial charge in [-0.1, -0.05) is 34.1 Å². The lowest BCUT2D eigenvalue weighted by Gasteiger charge is -2.13. The zero-order chi connectivity index (χ0) is 10.6. The first-order valence-corrected chi connectivity index (χ1v) is 5.57. The van der Waals surface area contributed by atoms with Gasteiger partial charge in [0, 0.05) is 10.5 Å². The van der Waals surface area contributed by atoms with Crippen LogP contribution >= 0.6 is 15.9 Å². The minimum atomic E-state index is 0.1000. The number of halogens is 1. The fraction of sp³-hybridized carbons (Fsp3) is 0.333. The molecule has 0 aliphatic carbocycles. The lowest BCUT2D eigenvalue weighted by Crippen LogP contribution is -2.10. The zero-order valence-electron chi connectivity index (χ0n) is 8.46. The summed E-state index contributed by atoms with van der Waals surface area (Å²) in [5.74, 6) is 0. The second-order valence-corrected chi connectivity index (χ2v) is 4.35. The van der Waals surface area contributed by atoms with Crippen LogP contribution in [0.2, 0.25) is 0 Å². The Labute approximate surface area is 94.1 Å². The molecule has 1 aromatic carbocycles. The first kappa shape index (κ1) is 11.5. The van der Waals surface area contributed by atoms with Crippen LogP contribution in [0, 0.1) is 6.92 Å². The molecule has 2 N–H and O–H groups in total. The summed E-state index contributed by atoms with van der Waals surface area (Å²) in [6.07, 6.45) is 3.81. The third-order valence-corrected chi connectivity index (χ3v) is 2.92. The Balaban J connectivity index is 2.78. The van der Waals surface area contributed by atoms with Gasteiger partial charge in [-0.2, -0.15) is 0 Å². The first-order valence-electron chi connectivity index (χ1n) is 4.77. The molecule has 1 atom stereocenters. The van der Waals surface area contributed by atoms with Crippen molar-refractivity contribution >= 4 is 15.9 Å². The molecule has 1 aromatic rings. The number of benzene rings is 1. The summed E-state index contributed by atoms with van der Waals surface area (Å²) in [7, 11) is 0. The van der Waals surface area contributed by atoms with Gasteiger partial charge in [-0.05, 0) is 37.0 Å². The van der Waals surface area contributed by atoms with Crippen LogP contribution in [-0.2, 0) is 0 Å². The molecule has 1 rings (SSSR count). The molecule has 0 bridgehead atoms. The van der Waals surface area contributed by atoms with E-state index in [4.69, 9.17) is 5.73 Å². The van der Waals surface area contributed by atoms with Crippen LogP contribution in [0.5, 0.6) is 0 Å². The standard InChI is InChI=1S/C12H16BrN/c1-3-4-5-12(14)10-7-6-9(2)8-11(10)13/h3,6-8,12H,1,4-5,14H2,2H3. The quantitative estimate of drug-likeness (QED) is 0.814. The van der Waals surface area contributed by atoms with Crippen LogP contribution in [-0.4, -0.2) is 0 Å². The highest BCUT2D eigenvalue weighted by molar-refractivity contribution is 9.10. The zero-order valence-corrected chi connectivity index (χ0v) is 10.0. The van der Waals surface area contributed by atoms with Crippen LogP contribution in [0.15, 0.2) is 35.3 Å². The van der Waals surface area contributed by atoms with Gasteiger partial charge in [0.15, 0.2) is 0 Å². The topological polar surface area (TPSA) is 26.0 Å². The minimum Gasteiger partial charge on any atom is -0.324 e. The second-order valence-electron chi connectivity index (χ2n) is 3.50. The van der Waals surface area contributed by atoms with Gasteiger partial charge in [0.2, 0.25) is 0 Å². The van der Waals surface area contributed by atoms with Gasteiger partial charge in [0.1, 0.15) is 0 Å². The molecule has 0 amide bonds. The van der Waals surface area contributed by atoms with E-state index in [1.54, 1.807) is 0 Å². The molecule has 76 valence electrons. The Hall–Kier alpha value is -0.600. The molecule has 0 spiro atoms. The summed E-state index contributed by atoms with van der Waals surface area (Å²) in [6, 6.07) is 6.38. The molecular weight excluding hydrogens is 238 g/mol. The average Bonchev–Trinajstić information content (AvgIpc) is 2.14. The largest absolute Gasteiger partial charge is 0.324 e. The van der Waals surface area contributed by atoms with E-state index in [1.807, 2.05) is 6.08 Å². The monoisotopic (exact) mass is 253 g/mol. The molecular formula is C12H16BrN. The van der Waals surface area contributed by atoms with Crippen molar-refractivity contribution in [1.82, 2.24) is 0 Å². The number of aryl methyl sites for hydroxylation is 1. The first-order chi connectivity index (χ1) is 6.65. The predicted octanol–water partition coefficient (Wildman–Crippen LogP) is 3.72. The van der Waals surface area contributed by atoms with E-state index in [9.17, 15) is 0 Å². The van der Waals surface area contributed by atoms with Crippen LogP contribution in [0.4, 0.5) is 0 Å². The molecule has 0 heterocycles. The molecule has 0 saturated carbocycles. The molecule has 0 radical (unpaired) electrons. The number of allylic oxidation sites excluding steroid dienone is 1. The molecule has 0 fully saturated rings. The summed E-state index contributed by atoms with van der Waals surface area (Å²) < 4.78 is 1.11. The van der Waals surface area contributed by atoms with E-state index in [0.29, 0.717) is 0 Å². The number of nitrogens with two attached hydrogens (primary N) is 1. The van der Waals surface area contributed by atoms with E-state index in [1.165, 1.54) is 11.1 Å². The van der Waals surface area contributed by atoms with Crippen molar-refractivity contribution in [3.8, 4) is 0 Å². The van der Waals surface area contributed by atoms with Crippen molar-refractivity contribution in [2.75, 3.05) is 0 Å². The highest BCUT2D eigenvalue weighted by atomic mass is 79.9. The summed E-state index contributed by atoms with van der Waals surface area (Å²) in [5, 5.41) is 0. The smallest absolute Gasteiger partial charge is 0.0309 e. The van der Waals surface area contributed by atoms with Gasteiger partial charge in [-0.25, -0.2) is 0 Å². The van der Waals surface area contributed by atoms with Crippen molar-refractivity contribution in [1.29, 1.82) is 0 Å². The third kappa shape index (κ3) is 2.96. The third-order valence-electron chi connectivity index (χ3n) is 2.24. The van der Waals surface area contributed by atoms with Gasteiger partial charge < -0.3 is 5.73 Å². The van der Waals surface area contributed by atoms with Crippen LogP contribution in [0.1, 0.15) is 30.0 Å². The lowest BCUT2D eigenvalue weighted by molar-refractivity contribution is 0.658. The average molecular weight is 254 g/mol. The molecule has 1 unspecified atom stereocenters. The highest BCUT2D eigenvalue weighted by Crippen LogP contribution is 2.25. The molecule has 14 heavy (non-hydrogen) atoms. The van der Waals surface area contributed by atoms with Crippen molar-refractivity contribution in [2.24, 2.45) is 5.73 Å². The SMILES string of the molecule is C=CCCC(N)c1ccc(C)cc1Br. The maximum absolute atomic E-state index is 6.05. The van der Waals surface area contributed by atoms with E-state index in [2.05, 4.69) is 47.6 Å². The summed E-state index contributed by atoms with van der Waals surface area (Å²) in [5.41, 5.74) is 8.48. The van der Waals surface area contributed by atoms with Gasteiger partial charge in [0.25, 0.3) is 0 Å². The number of hydrogen-bond donors (Lipinski definition) is 1. The fourth-order valence-corrected chi connectivity index (χ4v) is 2.17. The summed E-state index contributed by atoms with van der Waals surface area (Å²) in [6.45, 7) is 5.77. The van der Waals surface area contributed by atoms with Crippen LogP contribution < -0.4 is 5.73 Å². The Morgan fingerprint density at radius 1 is 1.57 bits per heavy atom. The maximum Gasteiger partial charge on any atom is 0.0309 e. The molecule has 0 aliphatic heterocycles. The van der Waals surface area contributed by atoms with Gasteiger partial charge in [-0.3, -0.25) is 0 Å². The normalized spacial score (nSPS) is 12.5. The highest BCUT2D eigenvalue weighted by Gasteiger charge is 2.08. The van der Waals surface area contributed by atoms with E-state index >= 15 is 0 Å².